The van der Waals surface area contributed by atoms with E-state index in [1.807, 2.05) is 13.1 Å². The molecular weight excluding hydrogens is 469 g/mol. The monoisotopic (exact) mass is 493 g/mol. The SMILES string of the molecule is CN1C[C@@H](COP(=O)(Cl)N(C)C)O[C@@H](n2cnc3c(NC(=O)c4ccccc4)ncnc32)C1. The minimum absolute atomic E-state index is 0.0692. The van der Waals surface area contributed by atoms with Gasteiger partial charge in [-0.05, 0) is 44.5 Å². The maximum absolute atomic E-state index is 12.6. The molecule has 33 heavy (non-hydrogen) atoms. The van der Waals surface area contributed by atoms with Crippen LogP contribution in [0.5, 0.6) is 0 Å². The van der Waals surface area contributed by atoms with Gasteiger partial charge in [-0.1, -0.05) is 18.2 Å². The van der Waals surface area contributed by atoms with Crippen LogP contribution in [0, 0.1) is 0 Å². The summed E-state index contributed by atoms with van der Waals surface area (Å²) in [6.07, 6.45) is 2.18. The van der Waals surface area contributed by atoms with Crippen molar-refractivity contribution < 1.29 is 18.6 Å². The minimum atomic E-state index is -3.39. The average molecular weight is 494 g/mol. The lowest BCUT2D eigenvalue weighted by Crippen LogP contribution is -2.45. The molecule has 1 unspecified atom stereocenters. The van der Waals surface area contributed by atoms with E-state index in [1.165, 1.54) is 11.0 Å². The molecule has 0 aliphatic carbocycles. The largest absolute Gasteiger partial charge is 0.362 e. The number of halogens is 1. The van der Waals surface area contributed by atoms with Crippen LogP contribution >= 0.6 is 18.1 Å². The Morgan fingerprint density at radius 2 is 2.03 bits per heavy atom. The molecule has 3 atom stereocenters. The number of benzene rings is 1. The normalized spacial score (nSPS) is 21.2. The third kappa shape index (κ3) is 5.40. The van der Waals surface area contributed by atoms with Crippen molar-refractivity contribution >= 4 is 41.0 Å². The van der Waals surface area contributed by atoms with Gasteiger partial charge in [0.15, 0.2) is 17.0 Å². The number of rotatable bonds is 7. The first-order valence-corrected chi connectivity index (χ1v) is 12.7. The minimum Gasteiger partial charge on any atom is -0.350 e. The Balaban J connectivity index is 1.53. The third-order valence-electron chi connectivity index (χ3n) is 5.17. The molecule has 1 N–H and O–H groups in total. The van der Waals surface area contributed by atoms with Gasteiger partial charge in [0.1, 0.15) is 12.6 Å². The molecule has 0 saturated carbocycles. The molecule has 4 rings (SSSR count). The van der Waals surface area contributed by atoms with Gasteiger partial charge < -0.3 is 14.6 Å². The number of hydrogen-bond acceptors (Lipinski definition) is 8. The zero-order chi connectivity index (χ0) is 23.6. The second-order valence-corrected chi connectivity index (χ2v) is 11.1. The van der Waals surface area contributed by atoms with Crippen molar-refractivity contribution in [2.24, 2.45) is 0 Å². The Morgan fingerprint density at radius 3 is 2.76 bits per heavy atom. The van der Waals surface area contributed by atoms with Crippen molar-refractivity contribution in [3.63, 3.8) is 0 Å². The summed E-state index contributed by atoms with van der Waals surface area (Å²) in [5, 5.41) is 2.80. The quantitative estimate of drug-likeness (QED) is 0.496. The zero-order valence-corrected chi connectivity index (χ0v) is 20.1. The molecule has 13 heteroatoms. The van der Waals surface area contributed by atoms with Crippen LogP contribution in [-0.2, 0) is 13.8 Å². The van der Waals surface area contributed by atoms with E-state index in [0.29, 0.717) is 35.6 Å². The van der Waals surface area contributed by atoms with Gasteiger partial charge >= 0.3 is 6.87 Å². The highest BCUT2D eigenvalue weighted by Crippen LogP contribution is 2.54. The van der Waals surface area contributed by atoms with Crippen LogP contribution < -0.4 is 5.32 Å². The van der Waals surface area contributed by atoms with Crippen LogP contribution in [0.2, 0.25) is 0 Å². The molecule has 1 aliphatic heterocycles. The van der Waals surface area contributed by atoms with Gasteiger partial charge in [-0.15, -0.1) is 0 Å². The van der Waals surface area contributed by atoms with E-state index in [1.54, 1.807) is 49.3 Å². The van der Waals surface area contributed by atoms with Gasteiger partial charge in [-0.2, -0.15) is 0 Å². The van der Waals surface area contributed by atoms with Crippen LogP contribution in [0.4, 0.5) is 5.82 Å². The highest BCUT2D eigenvalue weighted by molar-refractivity contribution is 7.83. The molecule has 1 saturated heterocycles. The van der Waals surface area contributed by atoms with Crippen molar-refractivity contribution in [2.45, 2.75) is 12.3 Å². The molecule has 2 aromatic heterocycles. The molecule has 3 heterocycles. The zero-order valence-electron chi connectivity index (χ0n) is 18.5. The molecule has 0 radical (unpaired) electrons. The van der Waals surface area contributed by atoms with E-state index < -0.39 is 13.1 Å². The van der Waals surface area contributed by atoms with Crippen molar-refractivity contribution in [1.82, 2.24) is 29.1 Å². The molecule has 11 nitrogen and oxygen atoms in total. The van der Waals surface area contributed by atoms with Gasteiger partial charge in [0, 0.05) is 18.7 Å². The Hall–Kier alpha value is -2.40. The van der Waals surface area contributed by atoms with Gasteiger partial charge in [-0.25, -0.2) is 19.6 Å². The van der Waals surface area contributed by atoms with Crippen LogP contribution in [0.3, 0.4) is 0 Å². The first-order valence-electron chi connectivity index (χ1n) is 10.2. The lowest BCUT2D eigenvalue weighted by Gasteiger charge is -2.36. The number of imidazole rings is 1. The summed E-state index contributed by atoms with van der Waals surface area (Å²) in [4.78, 5) is 27.6. The van der Waals surface area contributed by atoms with E-state index in [4.69, 9.17) is 20.5 Å². The second kappa shape index (κ2) is 9.84. The number of morpholine rings is 1. The fourth-order valence-electron chi connectivity index (χ4n) is 3.46. The summed E-state index contributed by atoms with van der Waals surface area (Å²) in [5.74, 6) is 0.0214. The highest BCUT2D eigenvalue weighted by Gasteiger charge is 2.32. The Bertz CT molecular complexity index is 1180. The van der Waals surface area contributed by atoms with Crippen molar-refractivity contribution in [2.75, 3.05) is 46.2 Å². The van der Waals surface area contributed by atoms with E-state index in [9.17, 15) is 9.36 Å². The number of aromatic nitrogens is 4. The molecule has 1 amide bonds. The number of nitrogens with one attached hydrogen (secondary N) is 1. The molecule has 3 aromatic rings. The van der Waals surface area contributed by atoms with E-state index in [-0.39, 0.29) is 18.6 Å². The Kier molecular flexibility index (Phi) is 7.08. The molecule has 1 fully saturated rings. The molecule has 1 aromatic carbocycles. The predicted octanol–water partition coefficient (Wildman–Crippen LogP) is 2.83. The van der Waals surface area contributed by atoms with Crippen LogP contribution in [0.15, 0.2) is 43.0 Å². The number of likely N-dealkylation sites (N-methyl/N-ethyl adjacent to an activating group) is 1. The lowest BCUT2D eigenvalue weighted by molar-refractivity contribution is -0.124. The third-order valence-corrected chi connectivity index (χ3v) is 7.79. The molecule has 176 valence electrons. The molecule has 0 spiro atoms. The first-order chi connectivity index (χ1) is 15.7. The fourth-order valence-corrected chi connectivity index (χ4v) is 4.21. The van der Waals surface area contributed by atoms with E-state index >= 15 is 0 Å². The highest BCUT2D eigenvalue weighted by atomic mass is 35.7. The smallest absolute Gasteiger partial charge is 0.350 e. The number of nitrogens with zero attached hydrogens (tertiary/aromatic N) is 6. The van der Waals surface area contributed by atoms with E-state index in [0.717, 1.165) is 0 Å². The summed E-state index contributed by atoms with van der Waals surface area (Å²) >= 11 is 5.97. The van der Waals surface area contributed by atoms with Gasteiger partial charge in [0.05, 0.1) is 19.0 Å². The second-order valence-electron chi connectivity index (χ2n) is 7.89. The average Bonchev–Trinajstić information content (AvgIpc) is 3.23. The number of hydrogen-bond donors (Lipinski definition) is 1. The van der Waals surface area contributed by atoms with Crippen LogP contribution in [-0.4, -0.2) is 81.9 Å². The summed E-state index contributed by atoms with van der Waals surface area (Å²) in [7, 11) is 5.14. The van der Waals surface area contributed by atoms with Gasteiger partial charge in [0.25, 0.3) is 5.91 Å². The number of ether oxygens (including phenoxy) is 1. The summed E-state index contributed by atoms with van der Waals surface area (Å²) < 4.78 is 27.0. The number of fused-ring (bicyclic) bond motifs is 1. The van der Waals surface area contributed by atoms with Crippen molar-refractivity contribution in [1.29, 1.82) is 0 Å². The van der Waals surface area contributed by atoms with Crippen LogP contribution in [0.25, 0.3) is 11.2 Å². The summed E-state index contributed by atoms with van der Waals surface area (Å²) in [6, 6.07) is 8.86. The van der Waals surface area contributed by atoms with Crippen LogP contribution in [0.1, 0.15) is 16.6 Å². The molecule has 1 aliphatic rings. The number of anilines is 1. The number of amides is 1. The topological polar surface area (TPSA) is 115 Å². The number of carbonyl (C=O) groups is 1. The van der Waals surface area contributed by atoms with Gasteiger partial charge in [0.2, 0.25) is 0 Å². The Labute approximate surface area is 196 Å². The fraction of sp³-hybridized carbons (Fsp3) is 0.400. The molecular formula is C20H25ClN7O4P. The summed E-state index contributed by atoms with van der Waals surface area (Å²) in [5.41, 5.74) is 1.48. The van der Waals surface area contributed by atoms with Gasteiger partial charge in [-0.3, -0.25) is 18.8 Å². The maximum Gasteiger partial charge on any atom is 0.362 e. The Morgan fingerprint density at radius 1 is 1.27 bits per heavy atom. The van der Waals surface area contributed by atoms with Crippen molar-refractivity contribution in [3.8, 4) is 0 Å². The van der Waals surface area contributed by atoms with E-state index in [2.05, 4.69) is 25.2 Å². The number of carbonyl (C=O) groups excluding carboxylic acids is 1. The molecule has 0 bridgehead atoms. The standard InChI is InChI=1S/C20H25ClN7O4P/c1-26(2)33(21,30)31-11-15-9-27(3)10-16(32-15)28-13-24-17-18(22-12-23-19(17)28)25-20(29)14-7-5-4-6-8-14/h4-8,12-13,15-16H,9-11H2,1-3H3,(H,22,23,25,29)/t15-,16+,33?/m0/s1. The first kappa shape index (κ1) is 23.7. The van der Waals surface area contributed by atoms with Crippen molar-refractivity contribution in [3.05, 3.63) is 48.5 Å². The summed E-state index contributed by atoms with van der Waals surface area (Å²) in [6.45, 7) is -2.16. The maximum atomic E-state index is 12.6. The predicted molar refractivity (Wildman–Crippen MR) is 124 cm³/mol. The lowest BCUT2D eigenvalue weighted by atomic mass is 10.2.